The minimum atomic E-state index is 0.104. The molecule has 0 bridgehead atoms. The number of aromatic nitrogens is 3. The van der Waals surface area contributed by atoms with Crippen LogP contribution in [0.4, 0.5) is 0 Å². The highest BCUT2D eigenvalue weighted by atomic mass is 16.4. The number of hydrogen-bond acceptors (Lipinski definition) is 5. The molecule has 0 spiro atoms. The molecule has 0 saturated carbocycles. The number of nitrogens with zero attached hydrogens (tertiary/aromatic N) is 4. The van der Waals surface area contributed by atoms with E-state index in [1.165, 1.54) is 0 Å². The minimum absolute atomic E-state index is 0.104. The fourth-order valence-electron chi connectivity index (χ4n) is 1.90. The summed E-state index contributed by atoms with van der Waals surface area (Å²) in [4.78, 5) is 17.8. The largest absolute Gasteiger partial charge is 0.419 e. The molecule has 106 valence electrons. The van der Waals surface area contributed by atoms with Crippen molar-refractivity contribution in [3.05, 3.63) is 30.3 Å². The van der Waals surface area contributed by atoms with E-state index < -0.39 is 0 Å². The van der Waals surface area contributed by atoms with E-state index in [1.807, 2.05) is 26.0 Å². The van der Waals surface area contributed by atoms with Crippen molar-refractivity contribution in [2.45, 2.75) is 26.7 Å². The van der Waals surface area contributed by atoms with Crippen molar-refractivity contribution < 1.29 is 9.21 Å². The zero-order chi connectivity index (χ0) is 14.4. The Kier molecular flexibility index (Phi) is 4.81. The van der Waals surface area contributed by atoms with Gasteiger partial charge in [0.05, 0.1) is 0 Å². The molecule has 0 aliphatic carbocycles. The highest BCUT2D eigenvalue weighted by Crippen LogP contribution is 2.15. The first kappa shape index (κ1) is 14.2. The second-order valence-electron chi connectivity index (χ2n) is 4.28. The molecule has 0 radical (unpaired) electrons. The molecule has 0 saturated heterocycles. The average Bonchev–Trinajstić information content (AvgIpc) is 2.96. The van der Waals surface area contributed by atoms with E-state index in [0.717, 1.165) is 13.1 Å². The molecule has 2 aromatic rings. The van der Waals surface area contributed by atoms with Crippen LogP contribution in [0.15, 0.2) is 28.8 Å². The topological polar surface area (TPSA) is 72.1 Å². The van der Waals surface area contributed by atoms with Crippen molar-refractivity contribution in [3.8, 4) is 11.6 Å². The average molecular weight is 274 g/mol. The van der Waals surface area contributed by atoms with Crippen LogP contribution in [0.5, 0.6) is 0 Å². The molecule has 0 unspecified atom stereocenters. The lowest BCUT2D eigenvalue weighted by Crippen LogP contribution is -2.30. The number of amides is 1. The van der Waals surface area contributed by atoms with Crippen LogP contribution >= 0.6 is 0 Å². The molecule has 0 aromatic carbocycles. The number of hydrogen-bond donors (Lipinski definition) is 0. The van der Waals surface area contributed by atoms with Gasteiger partial charge < -0.3 is 9.32 Å². The second-order valence-corrected chi connectivity index (χ2v) is 4.28. The van der Waals surface area contributed by atoms with E-state index in [2.05, 4.69) is 15.2 Å². The fourth-order valence-corrected chi connectivity index (χ4v) is 1.90. The van der Waals surface area contributed by atoms with Crippen LogP contribution < -0.4 is 0 Å². The van der Waals surface area contributed by atoms with E-state index in [1.54, 1.807) is 17.2 Å². The maximum absolute atomic E-state index is 11.9. The third-order valence-electron chi connectivity index (χ3n) is 3.02. The number of pyridine rings is 1. The summed E-state index contributed by atoms with van der Waals surface area (Å²) >= 11 is 0. The van der Waals surface area contributed by atoms with Gasteiger partial charge in [-0.3, -0.25) is 9.78 Å². The lowest BCUT2D eigenvalue weighted by Gasteiger charge is -2.17. The Bertz CT molecular complexity index is 549. The zero-order valence-corrected chi connectivity index (χ0v) is 11.7. The van der Waals surface area contributed by atoms with Crippen molar-refractivity contribution in [1.82, 2.24) is 20.1 Å². The van der Waals surface area contributed by atoms with Crippen LogP contribution in [0.1, 0.15) is 26.2 Å². The van der Waals surface area contributed by atoms with Crippen LogP contribution in [-0.4, -0.2) is 39.1 Å². The number of rotatable bonds is 6. The highest BCUT2D eigenvalue weighted by Gasteiger charge is 2.13. The quantitative estimate of drug-likeness (QED) is 0.804. The van der Waals surface area contributed by atoms with Gasteiger partial charge in [-0.2, -0.15) is 0 Å². The molecular weight excluding hydrogens is 256 g/mol. The van der Waals surface area contributed by atoms with Gasteiger partial charge in [-0.05, 0) is 26.0 Å². The van der Waals surface area contributed by atoms with Gasteiger partial charge in [-0.1, -0.05) is 6.07 Å². The Labute approximate surface area is 117 Å². The Balaban J connectivity index is 1.95. The summed E-state index contributed by atoms with van der Waals surface area (Å²) in [5, 5.41) is 7.89. The summed E-state index contributed by atoms with van der Waals surface area (Å²) in [6.07, 6.45) is 2.50. The third kappa shape index (κ3) is 3.40. The molecule has 0 N–H and O–H groups in total. The van der Waals surface area contributed by atoms with Gasteiger partial charge in [0.1, 0.15) is 5.69 Å². The third-order valence-corrected chi connectivity index (χ3v) is 3.02. The SMILES string of the molecule is CCN(CC)C(=O)CCc1nnc(-c2ccccn2)o1. The standard InChI is InChI=1S/C14H18N4O2/c1-3-18(4-2)13(19)9-8-12-16-17-14(20-12)11-7-5-6-10-15-11/h5-7,10H,3-4,8-9H2,1-2H3. The van der Waals surface area contributed by atoms with Crippen molar-refractivity contribution in [2.24, 2.45) is 0 Å². The molecule has 2 aromatic heterocycles. The maximum atomic E-state index is 11.9. The molecule has 0 aliphatic rings. The number of aryl methyl sites for hydroxylation is 1. The van der Waals surface area contributed by atoms with E-state index >= 15 is 0 Å². The molecule has 2 heterocycles. The molecule has 0 aliphatic heterocycles. The highest BCUT2D eigenvalue weighted by molar-refractivity contribution is 5.76. The van der Waals surface area contributed by atoms with Crippen LogP contribution in [0.3, 0.4) is 0 Å². The minimum Gasteiger partial charge on any atom is -0.419 e. The maximum Gasteiger partial charge on any atom is 0.266 e. The first-order valence-electron chi connectivity index (χ1n) is 6.76. The summed E-state index contributed by atoms with van der Waals surface area (Å²) in [7, 11) is 0. The first-order valence-corrected chi connectivity index (χ1v) is 6.76. The lowest BCUT2D eigenvalue weighted by molar-refractivity contribution is -0.130. The smallest absolute Gasteiger partial charge is 0.266 e. The Hall–Kier alpha value is -2.24. The predicted molar refractivity (Wildman–Crippen MR) is 73.8 cm³/mol. The lowest BCUT2D eigenvalue weighted by atomic mass is 10.2. The molecule has 2 rings (SSSR count). The van der Waals surface area contributed by atoms with Crippen molar-refractivity contribution in [2.75, 3.05) is 13.1 Å². The molecule has 6 heteroatoms. The van der Waals surface area contributed by atoms with Gasteiger partial charge >= 0.3 is 0 Å². The van der Waals surface area contributed by atoms with Gasteiger partial charge in [0.25, 0.3) is 5.89 Å². The van der Waals surface area contributed by atoms with E-state index in [4.69, 9.17) is 4.42 Å². The Morgan fingerprint density at radius 2 is 2.05 bits per heavy atom. The predicted octanol–water partition coefficient (Wildman–Crippen LogP) is 1.93. The van der Waals surface area contributed by atoms with Crippen molar-refractivity contribution in [3.63, 3.8) is 0 Å². The van der Waals surface area contributed by atoms with E-state index in [-0.39, 0.29) is 5.91 Å². The summed E-state index contributed by atoms with van der Waals surface area (Å²) in [5.74, 6) is 0.953. The fraction of sp³-hybridized carbons (Fsp3) is 0.429. The summed E-state index contributed by atoms with van der Waals surface area (Å²) in [5.41, 5.74) is 0.640. The Morgan fingerprint density at radius 3 is 2.70 bits per heavy atom. The van der Waals surface area contributed by atoms with Gasteiger partial charge in [0.15, 0.2) is 0 Å². The molecule has 20 heavy (non-hydrogen) atoms. The summed E-state index contributed by atoms with van der Waals surface area (Å²) in [6, 6.07) is 5.48. The van der Waals surface area contributed by atoms with Crippen molar-refractivity contribution >= 4 is 5.91 Å². The second kappa shape index (κ2) is 6.79. The molecular formula is C14H18N4O2. The van der Waals surface area contributed by atoms with Gasteiger partial charge in [0, 0.05) is 32.1 Å². The van der Waals surface area contributed by atoms with E-state index in [9.17, 15) is 4.79 Å². The summed E-state index contributed by atoms with van der Waals surface area (Å²) < 4.78 is 5.51. The van der Waals surface area contributed by atoms with Crippen LogP contribution in [0, 0.1) is 0 Å². The van der Waals surface area contributed by atoms with Crippen LogP contribution in [0.25, 0.3) is 11.6 Å². The van der Waals surface area contributed by atoms with Crippen molar-refractivity contribution in [1.29, 1.82) is 0 Å². The molecule has 0 fully saturated rings. The monoisotopic (exact) mass is 274 g/mol. The Morgan fingerprint density at radius 1 is 1.25 bits per heavy atom. The van der Waals surface area contributed by atoms with Gasteiger partial charge in [-0.25, -0.2) is 0 Å². The van der Waals surface area contributed by atoms with Crippen LogP contribution in [0.2, 0.25) is 0 Å². The van der Waals surface area contributed by atoms with Gasteiger partial charge in [-0.15, -0.1) is 10.2 Å². The molecule has 1 amide bonds. The van der Waals surface area contributed by atoms with E-state index in [0.29, 0.717) is 30.3 Å². The normalized spacial score (nSPS) is 10.5. The van der Waals surface area contributed by atoms with Gasteiger partial charge in [0.2, 0.25) is 11.8 Å². The molecule has 0 atom stereocenters. The number of carbonyl (C=O) groups excluding carboxylic acids is 1. The zero-order valence-electron chi connectivity index (χ0n) is 11.7. The summed E-state index contributed by atoms with van der Waals surface area (Å²) in [6.45, 7) is 5.37. The molecule has 6 nitrogen and oxygen atoms in total. The van der Waals surface area contributed by atoms with Crippen LogP contribution in [-0.2, 0) is 11.2 Å². The number of carbonyl (C=O) groups is 1. The first-order chi connectivity index (χ1) is 9.74.